The van der Waals surface area contributed by atoms with Crippen LogP contribution < -0.4 is 0 Å². The lowest BCUT2D eigenvalue weighted by atomic mass is 9.97. The van der Waals surface area contributed by atoms with E-state index in [4.69, 9.17) is 5.11 Å². The second kappa shape index (κ2) is 5.87. The van der Waals surface area contributed by atoms with Gasteiger partial charge in [-0.2, -0.15) is 0 Å². The molecule has 1 aromatic carbocycles. The molecule has 1 aliphatic heterocycles. The molecule has 4 heteroatoms. The van der Waals surface area contributed by atoms with Crippen LogP contribution in [0.3, 0.4) is 0 Å². The molecular formula is C15H19NO3. The van der Waals surface area contributed by atoms with Crippen molar-refractivity contribution in [1.29, 1.82) is 0 Å². The lowest BCUT2D eigenvalue weighted by Crippen LogP contribution is -2.42. The van der Waals surface area contributed by atoms with E-state index in [2.05, 4.69) is 0 Å². The van der Waals surface area contributed by atoms with E-state index < -0.39 is 11.9 Å². The molecule has 2 rings (SSSR count). The summed E-state index contributed by atoms with van der Waals surface area (Å²) in [6, 6.07) is 7.87. The first-order valence-electron chi connectivity index (χ1n) is 6.62. The maximum Gasteiger partial charge on any atom is 0.308 e. The minimum absolute atomic E-state index is 0.0230. The fraction of sp³-hybridized carbons (Fsp3) is 0.467. The Hall–Kier alpha value is -1.84. The molecule has 1 atom stereocenters. The number of carbonyl (C=O) groups is 2. The molecule has 0 bridgehead atoms. The third kappa shape index (κ3) is 3.56. The second-order valence-electron chi connectivity index (χ2n) is 5.18. The molecule has 0 spiro atoms. The highest BCUT2D eigenvalue weighted by molar-refractivity contribution is 5.80. The smallest absolute Gasteiger partial charge is 0.308 e. The standard InChI is InChI=1S/C15H19NO3/c1-11-4-6-12(7-5-11)9-14(17)16-8-2-3-13(10-16)15(18)19/h4-7,13H,2-3,8-10H2,1H3,(H,18,19). The normalized spacial score (nSPS) is 19.2. The number of piperidine rings is 1. The van der Waals surface area contributed by atoms with Gasteiger partial charge in [0.05, 0.1) is 12.3 Å². The number of aliphatic carboxylic acids is 1. The van der Waals surface area contributed by atoms with Crippen molar-refractivity contribution in [1.82, 2.24) is 4.90 Å². The van der Waals surface area contributed by atoms with E-state index in [9.17, 15) is 9.59 Å². The van der Waals surface area contributed by atoms with E-state index in [1.165, 1.54) is 5.56 Å². The molecule has 1 amide bonds. The highest BCUT2D eigenvalue weighted by Gasteiger charge is 2.27. The number of benzene rings is 1. The number of likely N-dealkylation sites (tertiary alicyclic amines) is 1. The van der Waals surface area contributed by atoms with Crippen molar-refractivity contribution in [3.05, 3.63) is 35.4 Å². The number of carboxylic acids is 1. The van der Waals surface area contributed by atoms with Crippen molar-refractivity contribution in [3.8, 4) is 0 Å². The first kappa shape index (κ1) is 13.6. The molecule has 0 aliphatic carbocycles. The van der Waals surface area contributed by atoms with Crippen LogP contribution in [0.1, 0.15) is 24.0 Å². The molecule has 1 saturated heterocycles. The maximum atomic E-state index is 12.2. The van der Waals surface area contributed by atoms with Gasteiger partial charge in [0.15, 0.2) is 0 Å². The van der Waals surface area contributed by atoms with Crippen LogP contribution in [-0.2, 0) is 16.0 Å². The summed E-state index contributed by atoms with van der Waals surface area (Å²) in [6.45, 7) is 3.03. The Bertz CT molecular complexity index is 467. The van der Waals surface area contributed by atoms with Crippen LogP contribution in [0.5, 0.6) is 0 Å². The lowest BCUT2D eigenvalue weighted by Gasteiger charge is -2.30. The van der Waals surface area contributed by atoms with Crippen LogP contribution in [0.2, 0.25) is 0 Å². The van der Waals surface area contributed by atoms with E-state index in [-0.39, 0.29) is 5.91 Å². The number of nitrogens with zero attached hydrogens (tertiary/aromatic N) is 1. The number of aryl methyl sites for hydroxylation is 1. The maximum absolute atomic E-state index is 12.2. The molecule has 1 unspecified atom stereocenters. The van der Waals surface area contributed by atoms with Crippen LogP contribution >= 0.6 is 0 Å². The number of hydrogen-bond donors (Lipinski definition) is 1. The topological polar surface area (TPSA) is 57.6 Å². The molecule has 102 valence electrons. The Labute approximate surface area is 113 Å². The summed E-state index contributed by atoms with van der Waals surface area (Å²) >= 11 is 0. The number of hydrogen-bond acceptors (Lipinski definition) is 2. The molecule has 1 heterocycles. The summed E-state index contributed by atoms with van der Waals surface area (Å²) in [5, 5.41) is 9.02. The highest BCUT2D eigenvalue weighted by atomic mass is 16.4. The summed E-state index contributed by atoms with van der Waals surface area (Å²) in [5.74, 6) is -1.18. The van der Waals surface area contributed by atoms with Gasteiger partial charge in [-0.3, -0.25) is 9.59 Å². The molecule has 1 aromatic rings. The third-order valence-corrected chi connectivity index (χ3v) is 3.60. The Morgan fingerprint density at radius 1 is 1.32 bits per heavy atom. The van der Waals surface area contributed by atoms with Gasteiger partial charge in [-0.1, -0.05) is 29.8 Å². The van der Waals surface area contributed by atoms with Crippen LogP contribution in [0.4, 0.5) is 0 Å². The van der Waals surface area contributed by atoms with Crippen molar-refractivity contribution in [2.24, 2.45) is 5.92 Å². The first-order valence-corrected chi connectivity index (χ1v) is 6.62. The molecule has 19 heavy (non-hydrogen) atoms. The van der Waals surface area contributed by atoms with Crippen LogP contribution in [0.15, 0.2) is 24.3 Å². The summed E-state index contributed by atoms with van der Waals surface area (Å²) in [4.78, 5) is 24.8. The summed E-state index contributed by atoms with van der Waals surface area (Å²) in [7, 11) is 0. The van der Waals surface area contributed by atoms with Gasteiger partial charge in [0, 0.05) is 13.1 Å². The van der Waals surface area contributed by atoms with Gasteiger partial charge in [0.2, 0.25) is 5.91 Å². The second-order valence-corrected chi connectivity index (χ2v) is 5.18. The molecule has 1 aliphatic rings. The number of carboxylic acid groups (broad SMARTS) is 1. The Morgan fingerprint density at radius 3 is 2.63 bits per heavy atom. The highest BCUT2D eigenvalue weighted by Crippen LogP contribution is 2.17. The van der Waals surface area contributed by atoms with Gasteiger partial charge in [0.1, 0.15) is 0 Å². The zero-order valence-corrected chi connectivity index (χ0v) is 11.1. The van der Waals surface area contributed by atoms with Gasteiger partial charge in [-0.05, 0) is 25.3 Å². The number of carbonyl (C=O) groups excluding carboxylic acids is 1. The largest absolute Gasteiger partial charge is 0.481 e. The molecule has 4 nitrogen and oxygen atoms in total. The van der Waals surface area contributed by atoms with Crippen molar-refractivity contribution < 1.29 is 14.7 Å². The number of rotatable bonds is 3. The molecule has 0 saturated carbocycles. The van der Waals surface area contributed by atoms with E-state index in [1.54, 1.807) is 4.90 Å². The Kier molecular flexibility index (Phi) is 4.20. The summed E-state index contributed by atoms with van der Waals surface area (Å²) in [6.07, 6.45) is 1.80. The zero-order chi connectivity index (χ0) is 13.8. The van der Waals surface area contributed by atoms with Crippen LogP contribution in [0.25, 0.3) is 0 Å². The number of amides is 1. The molecule has 1 fully saturated rings. The zero-order valence-electron chi connectivity index (χ0n) is 11.1. The van der Waals surface area contributed by atoms with E-state index in [0.29, 0.717) is 25.9 Å². The molecular weight excluding hydrogens is 242 g/mol. The van der Waals surface area contributed by atoms with Gasteiger partial charge < -0.3 is 10.0 Å². The Balaban J connectivity index is 1.96. The Morgan fingerprint density at radius 2 is 2.00 bits per heavy atom. The average Bonchev–Trinajstić information content (AvgIpc) is 2.41. The fourth-order valence-electron chi connectivity index (χ4n) is 2.40. The molecule has 1 N–H and O–H groups in total. The summed E-state index contributed by atoms with van der Waals surface area (Å²) in [5.41, 5.74) is 2.15. The van der Waals surface area contributed by atoms with E-state index >= 15 is 0 Å². The minimum Gasteiger partial charge on any atom is -0.481 e. The minimum atomic E-state index is -0.798. The average molecular weight is 261 g/mol. The molecule has 0 radical (unpaired) electrons. The predicted octanol–water partition coefficient (Wildman–Crippen LogP) is 1.86. The van der Waals surface area contributed by atoms with E-state index in [0.717, 1.165) is 12.0 Å². The SMILES string of the molecule is Cc1ccc(CC(=O)N2CCCC(C(=O)O)C2)cc1. The lowest BCUT2D eigenvalue weighted by molar-refractivity contribution is -0.145. The van der Waals surface area contributed by atoms with Crippen molar-refractivity contribution in [3.63, 3.8) is 0 Å². The van der Waals surface area contributed by atoms with Crippen molar-refractivity contribution in [2.75, 3.05) is 13.1 Å². The van der Waals surface area contributed by atoms with Crippen LogP contribution in [-0.4, -0.2) is 35.0 Å². The monoisotopic (exact) mass is 261 g/mol. The van der Waals surface area contributed by atoms with Gasteiger partial charge in [-0.15, -0.1) is 0 Å². The van der Waals surface area contributed by atoms with Gasteiger partial charge in [-0.25, -0.2) is 0 Å². The summed E-state index contributed by atoms with van der Waals surface area (Å²) < 4.78 is 0. The van der Waals surface area contributed by atoms with Crippen molar-refractivity contribution in [2.45, 2.75) is 26.2 Å². The van der Waals surface area contributed by atoms with Crippen LogP contribution in [0, 0.1) is 12.8 Å². The third-order valence-electron chi connectivity index (χ3n) is 3.60. The van der Waals surface area contributed by atoms with Crippen molar-refractivity contribution >= 4 is 11.9 Å². The fourth-order valence-corrected chi connectivity index (χ4v) is 2.40. The predicted molar refractivity (Wildman–Crippen MR) is 71.8 cm³/mol. The van der Waals surface area contributed by atoms with Gasteiger partial charge >= 0.3 is 5.97 Å². The first-order chi connectivity index (χ1) is 9.06. The van der Waals surface area contributed by atoms with E-state index in [1.807, 2.05) is 31.2 Å². The van der Waals surface area contributed by atoms with Gasteiger partial charge in [0.25, 0.3) is 0 Å². The molecule has 0 aromatic heterocycles. The quantitative estimate of drug-likeness (QED) is 0.903.